The van der Waals surface area contributed by atoms with Gasteiger partial charge in [0.05, 0.1) is 6.61 Å². The maximum absolute atomic E-state index is 6.15. The van der Waals surface area contributed by atoms with E-state index in [1.165, 1.54) is 4.85 Å². The third-order valence-electron chi connectivity index (χ3n) is 5.02. The molecule has 0 radical (unpaired) electrons. The number of ether oxygens (including phenoxy) is 5. The van der Waals surface area contributed by atoms with E-state index in [0.29, 0.717) is 22.7 Å². The van der Waals surface area contributed by atoms with Crippen LogP contribution < -0.4 is 4.84 Å². The van der Waals surface area contributed by atoms with Gasteiger partial charge in [0.1, 0.15) is 29.3 Å². The molecule has 0 N–H and O–H groups in total. The van der Waals surface area contributed by atoms with E-state index in [4.69, 9.17) is 40.1 Å². The van der Waals surface area contributed by atoms with Gasteiger partial charge < -0.3 is 28.5 Å². The lowest BCUT2D eigenvalue weighted by Crippen LogP contribution is -2.40. The molecule has 2 aromatic rings. The van der Waals surface area contributed by atoms with Gasteiger partial charge in [-0.25, -0.2) is 0 Å². The summed E-state index contributed by atoms with van der Waals surface area (Å²) in [5.74, 6) is -1.43. The molecule has 3 aliphatic heterocycles. The van der Waals surface area contributed by atoms with E-state index in [9.17, 15) is 0 Å². The zero-order valence-corrected chi connectivity index (χ0v) is 16.8. The fourth-order valence-corrected chi connectivity index (χ4v) is 4.07. The van der Waals surface area contributed by atoms with Crippen LogP contribution in [0.3, 0.4) is 0 Å². The Morgan fingerprint density at radius 2 is 1.86 bits per heavy atom. The summed E-state index contributed by atoms with van der Waals surface area (Å²) in [6, 6.07) is 5.25. The second-order valence-electron chi connectivity index (χ2n) is 8.10. The van der Waals surface area contributed by atoms with Crippen LogP contribution in [0.15, 0.2) is 18.2 Å². The molecule has 5 atom stereocenters. The fourth-order valence-electron chi connectivity index (χ4n) is 3.90. The molecule has 10 heteroatoms. The van der Waals surface area contributed by atoms with Crippen molar-refractivity contribution in [2.24, 2.45) is 0 Å². The Morgan fingerprint density at radius 3 is 2.61 bits per heavy atom. The molecular weight excluding hydrogens is 390 g/mol. The highest BCUT2D eigenvalue weighted by Crippen LogP contribution is 2.42. The summed E-state index contributed by atoms with van der Waals surface area (Å²) in [6.45, 7) is 7.86. The number of hydrogen-bond acceptors (Lipinski definition) is 8. The highest BCUT2D eigenvalue weighted by molar-refractivity contribution is 6.31. The highest BCUT2D eigenvalue weighted by atomic mass is 35.5. The Labute approximate surface area is 166 Å². The molecule has 0 aliphatic carbocycles. The fraction of sp³-hybridized carbons (Fsp3) is 0.667. The van der Waals surface area contributed by atoms with Gasteiger partial charge >= 0.3 is 0 Å². The first kappa shape index (κ1) is 18.5. The third kappa shape index (κ3) is 3.16. The zero-order valence-electron chi connectivity index (χ0n) is 16.0. The lowest BCUT2D eigenvalue weighted by atomic mass is 10.1. The minimum absolute atomic E-state index is 0.296. The molecule has 0 unspecified atom stereocenters. The summed E-state index contributed by atoms with van der Waals surface area (Å²) >= 11 is 6.10. The maximum atomic E-state index is 6.15. The topological polar surface area (TPSA) is 86.1 Å². The van der Waals surface area contributed by atoms with Gasteiger partial charge in [0.2, 0.25) is 0 Å². The number of nitrogens with zero attached hydrogens (tertiary/aromatic N) is 3. The molecule has 1 aromatic heterocycles. The van der Waals surface area contributed by atoms with E-state index in [2.05, 4.69) is 10.3 Å². The molecule has 3 aliphatic rings. The predicted molar refractivity (Wildman–Crippen MR) is 96.5 cm³/mol. The van der Waals surface area contributed by atoms with Crippen molar-refractivity contribution in [3.63, 3.8) is 0 Å². The van der Waals surface area contributed by atoms with E-state index >= 15 is 0 Å². The molecular formula is C18H22ClN3O6. The van der Waals surface area contributed by atoms with Crippen molar-refractivity contribution < 1.29 is 28.5 Å². The Bertz CT molecular complexity index is 903. The highest BCUT2D eigenvalue weighted by Gasteiger charge is 2.60. The van der Waals surface area contributed by atoms with Crippen LogP contribution in [0.25, 0.3) is 11.0 Å². The molecule has 0 saturated carbocycles. The number of aromatic nitrogens is 3. The molecule has 0 bridgehead atoms. The van der Waals surface area contributed by atoms with E-state index in [1.807, 2.05) is 27.7 Å². The molecule has 3 saturated heterocycles. The van der Waals surface area contributed by atoms with Crippen molar-refractivity contribution in [1.29, 1.82) is 0 Å². The molecule has 1 aromatic carbocycles. The lowest BCUT2D eigenvalue weighted by Gasteiger charge is -2.26. The van der Waals surface area contributed by atoms with Crippen LogP contribution in [0.2, 0.25) is 5.02 Å². The van der Waals surface area contributed by atoms with Gasteiger partial charge in [0.15, 0.2) is 17.7 Å². The molecule has 9 nitrogen and oxygen atoms in total. The van der Waals surface area contributed by atoms with Crippen LogP contribution in [0.1, 0.15) is 27.7 Å². The van der Waals surface area contributed by atoms with Crippen LogP contribution in [0.4, 0.5) is 0 Å². The quantitative estimate of drug-likeness (QED) is 0.757. The second kappa shape index (κ2) is 6.25. The van der Waals surface area contributed by atoms with Crippen LogP contribution in [0.5, 0.6) is 0 Å². The van der Waals surface area contributed by atoms with Crippen molar-refractivity contribution in [2.75, 3.05) is 6.61 Å². The molecule has 0 spiro atoms. The monoisotopic (exact) mass is 411 g/mol. The van der Waals surface area contributed by atoms with Crippen LogP contribution in [-0.4, -0.2) is 64.0 Å². The van der Waals surface area contributed by atoms with Gasteiger partial charge in [-0.1, -0.05) is 16.4 Å². The van der Waals surface area contributed by atoms with Crippen molar-refractivity contribution >= 4 is 22.6 Å². The molecule has 3 fully saturated rings. The summed E-state index contributed by atoms with van der Waals surface area (Å²) in [4.78, 5) is 7.29. The van der Waals surface area contributed by atoms with Gasteiger partial charge in [-0.15, -0.1) is 5.10 Å². The summed E-state index contributed by atoms with van der Waals surface area (Å²) < 4.78 is 30.0. The van der Waals surface area contributed by atoms with Crippen molar-refractivity contribution in [1.82, 2.24) is 15.2 Å². The first-order valence-electron chi connectivity index (χ1n) is 9.22. The largest absolute Gasteiger partial charge is 0.360 e. The van der Waals surface area contributed by atoms with E-state index < -0.39 is 30.1 Å². The SMILES string of the molecule is CC1(C)O[C@@H]2[C@H](O1)[C@H](On1nnc3ccc(Cl)cc31)O[C@@H]2[C@H]1COC(C)(C)O1. The number of rotatable bonds is 3. The number of hydrogen-bond donors (Lipinski definition) is 0. The molecule has 0 amide bonds. The van der Waals surface area contributed by atoms with E-state index in [0.717, 1.165) is 0 Å². The maximum Gasteiger partial charge on any atom is 0.256 e. The first-order valence-corrected chi connectivity index (χ1v) is 9.60. The van der Waals surface area contributed by atoms with Gasteiger partial charge in [0.25, 0.3) is 6.29 Å². The van der Waals surface area contributed by atoms with Crippen LogP contribution in [-0.2, 0) is 23.7 Å². The molecule has 4 heterocycles. The van der Waals surface area contributed by atoms with Gasteiger partial charge in [-0.05, 0) is 51.1 Å². The second-order valence-corrected chi connectivity index (χ2v) is 8.54. The Morgan fingerprint density at radius 1 is 1.07 bits per heavy atom. The third-order valence-corrected chi connectivity index (χ3v) is 5.26. The lowest BCUT2D eigenvalue weighted by molar-refractivity contribution is -0.249. The average Bonchev–Trinajstić information content (AvgIpc) is 3.32. The minimum atomic E-state index is -0.762. The van der Waals surface area contributed by atoms with Gasteiger partial charge in [-0.3, -0.25) is 0 Å². The summed E-state index contributed by atoms with van der Waals surface area (Å²) in [5, 5.41) is 8.70. The van der Waals surface area contributed by atoms with Gasteiger partial charge in [-0.2, -0.15) is 0 Å². The van der Waals surface area contributed by atoms with E-state index in [1.54, 1.807) is 18.2 Å². The van der Waals surface area contributed by atoms with E-state index in [-0.39, 0.29) is 12.2 Å². The minimum Gasteiger partial charge on any atom is -0.360 e. The van der Waals surface area contributed by atoms with Gasteiger partial charge in [0, 0.05) is 5.02 Å². The average molecular weight is 412 g/mol. The smallest absolute Gasteiger partial charge is 0.256 e. The Kier molecular flexibility index (Phi) is 4.14. The molecule has 5 rings (SSSR count). The molecule has 28 heavy (non-hydrogen) atoms. The van der Waals surface area contributed by atoms with Crippen LogP contribution >= 0.6 is 11.6 Å². The van der Waals surface area contributed by atoms with Crippen molar-refractivity contribution in [2.45, 2.75) is 70.0 Å². The number of benzene rings is 1. The van der Waals surface area contributed by atoms with Crippen LogP contribution in [0, 0.1) is 0 Å². The van der Waals surface area contributed by atoms with Crippen molar-refractivity contribution in [3.05, 3.63) is 23.2 Å². The van der Waals surface area contributed by atoms with Crippen molar-refractivity contribution in [3.8, 4) is 0 Å². The molecule has 152 valence electrons. The normalized spacial score (nSPS) is 36.1. The standard InChI is InChI=1S/C18H22ClN3O6/c1-17(2)23-8-12(25-17)13-14-15(27-18(3,4)26-14)16(24-13)28-22-11-7-9(19)5-6-10(11)20-21-22/h5-7,12-16H,8H2,1-4H3/t12-,13-,14+,15+,16+/m1/s1. The predicted octanol–water partition coefficient (Wildman–Crippen LogP) is 1.91. The Balaban J connectivity index is 1.42. The summed E-state index contributed by atoms with van der Waals surface area (Å²) in [5.41, 5.74) is 1.30. The summed E-state index contributed by atoms with van der Waals surface area (Å²) in [7, 11) is 0. The number of fused-ring (bicyclic) bond motifs is 2. The number of halogens is 1. The Hall–Kier alpha value is -1.49. The summed E-state index contributed by atoms with van der Waals surface area (Å²) in [6.07, 6.45) is -2.27. The zero-order chi connectivity index (χ0) is 19.7. The first-order chi connectivity index (χ1) is 13.2.